The number of rotatable bonds is 8. The summed E-state index contributed by atoms with van der Waals surface area (Å²) in [5.74, 6) is -1.77. The molecule has 0 aliphatic heterocycles. The minimum Gasteiger partial charge on any atom is -0.496 e. The number of carboxylic acids is 2. The lowest BCUT2D eigenvalue weighted by Gasteiger charge is -2.14. The van der Waals surface area contributed by atoms with Crippen molar-refractivity contribution in [2.24, 2.45) is 0 Å². The fraction of sp³-hybridized carbons (Fsp3) is 0.143. The van der Waals surface area contributed by atoms with Gasteiger partial charge in [-0.2, -0.15) is 0 Å². The van der Waals surface area contributed by atoms with Gasteiger partial charge in [0.15, 0.2) is 0 Å². The molecule has 0 aromatic heterocycles. The van der Waals surface area contributed by atoms with E-state index in [1.807, 2.05) is 0 Å². The van der Waals surface area contributed by atoms with Crippen LogP contribution in [0.1, 0.15) is 11.1 Å². The Labute approximate surface area is 162 Å². The second-order valence-electron chi connectivity index (χ2n) is 5.58. The van der Waals surface area contributed by atoms with E-state index in [0.29, 0.717) is 11.3 Å². The van der Waals surface area contributed by atoms with Crippen molar-refractivity contribution in [3.63, 3.8) is 0 Å². The van der Waals surface area contributed by atoms with Gasteiger partial charge in [0.25, 0.3) is 0 Å². The third kappa shape index (κ3) is 4.70. The Hall–Kier alpha value is -3.74. The largest absolute Gasteiger partial charge is 0.496 e. The molecule has 2 aromatic rings. The van der Waals surface area contributed by atoms with Crippen LogP contribution in [0.3, 0.4) is 0 Å². The smallest absolute Gasteiger partial charge is 0.336 e. The molecule has 0 aliphatic rings. The van der Waals surface area contributed by atoms with Gasteiger partial charge in [-0.15, -0.1) is 0 Å². The van der Waals surface area contributed by atoms with E-state index in [-0.39, 0.29) is 22.6 Å². The summed E-state index contributed by atoms with van der Waals surface area (Å²) in [6.07, 6.45) is 2.51. The van der Waals surface area contributed by atoms with Gasteiger partial charge in [0, 0.05) is 12.1 Å². The van der Waals surface area contributed by atoms with Gasteiger partial charge in [0.1, 0.15) is 17.2 Å². The molecule has 2 N–H and O–H groups in total. The minimum atomic E-state index is -1.40. The van der Waals surface area contributed by atoms with Crippen LogP contribution < -0.4 is 14.2 Å². The van der Waals surface area contributed by atoms with Crippen molar-refractivity contribution in [1.29, 1.82) is 0 Å². The molecule has 0 saturated carbocycles. The van der Waals surface area contributed by atoms with Crippen molar-refractivity contribution >= 4 is 24.1 Å². The van der Waals surface area contributed by atoms with Crippen LogP contribution in [0.15, 0.2) is 53.6 Å². The molecular formula is C21H20O7. The molecule has 7 nitrogen and oxygen atoms in total. The first kappa shape index (κ1) is 20.6. The lowest BCUT2D eigenvalue weighted by molar-refractivity contribution is -0.136. The van der Waals surface area contributed by atoms with Gasteiger partial charge in [0.2, 0.25) is 0 Å². The normalized spacial score (nSPS) is 11.7. The summed E-state index contributed by atoms with van der Waals surface area (Å²) < 4.78 is 15.8. The highest BCUT2D eigenvalue weighted by atomic mass is 16.5. The average molecular weight is 384 g/mol. The van der Waals surface area contributed by atoms with E-state index in [1.54, 1.807) is 42.5 Å². The molecule has 0 fully saturated rings. The monoisotopic (exact) mass is 384 g/mol. The van der Waals surface area contributed by atoms with Crippen LogP contribution in [0.5, 0.6) is 17.2 Å². The zero-order chi connectivity index (χ0) is 20.7. The maximum Gasteiger partial charge on any atom is 0.336 e. The highest BCUT2D eigenvalue weighted by Gasteiger charge is 2.22. The van der Waals surface area contributed by atoms with Crippen LogP contribution in [0.25, 0.3) is 12.2 Å². The summed E-state index contributed by atoms with van der Waals surface area (Å²) in [7, 11) is 4.28. The first-order valence-corrected chi connectivity index (χ1v) is 8.16. The Morgan fingerprint density at radius 2 is 1.29 bits per heavy atom. The number of hydrogen-bond acceptors (Lipinski definition) is 5. The minimum absolute atomic E-state index is 0.277. The number of methoxy groups -OCH3 is 3. The van der Waals surface area contributed by atoms with E-state index >= 15 is 0 Å². The summed E-state index contributed by atoms with van der Waals surface area (Å²) >= 11 is 0. The Morgan fingerprint density at radius 3 is 1.71 bits per heavy atom. The van der Waals surface area contributed by atoms with Crippen LogP contribution in [0, 0.1) is 0 Å². The molecule has 28 heavy (non-hydrogen) atoms. The molecular weight excluding hydrogens is 364 g/mol. The molecule has 146 valence electrons. The second-order valence-corrected chi connectivity index (χ2v) is 5.58. The van der Waals surface area contributed by atoms with Crippen LogP contribution in [-0.4, -0.2) is 43.5 Å². The van der Waals surface area contributed by atoms with Gasteiger partial charge in [0.05, 0.1) is 38.0 Å². The zero-order valence-corrected chi connectivity index (χ0v) is 15.6. The van der Waals surface area contributed by atoms with Gasteiger partial charge in [-0.3, -0.25) is 0 Å². The molecule has 0 unspecified atom stereocenters. The maximum atomic E-state index is 11.9. The number of ether oxygens (including phenoxy) is 3. The maximum absolute atomic E-state index is 11.9. The highest BCUT2D eigenvalue weighted by molar-refractivity contribution is 6.11. The Kier molecular flexibility index (Phi) is 6.81. The molecule has 0 atom stereocenters. The third-order valence-electron chi connectivity index (χ3n) is 3.90. The first-order valence-electron chi connectivity index (χ1n) is 8.16. The summed E-state index contributed by atoms with van der Waals surface area (Å²) in [5.41, 5.74) is 0.0425. The Morgan fingerprint density at radius 1 is 0.786 bits per heavy atom. The standard InChI is InChI=1S/C21H20O7/c1-26-14-10-18(27-2)17(19(11-14)28-3)12-16(21(24)25)15(20(22)23)9-13-7-5-4-6-8-13/h4-12H,1-3H3,(H,22,23)(H,24,25)/b15-9-,16-12+. The predicted molar refractivity (Wildman–Crippen MR) is 104 cm³/mol. The van der Waals surface area contributed by atoms with Gasteiger partial charge < -0.3 is 24.4 Å². The lowest BCUT2D eigenvalue weighted by Crippen LogP contribution is -2.11. The Balaban J connectivity index is 2.72. The highest BCUT2D eigenvalue weighted by Crippen LogP contribution is 2.36. The van der Waals surface area contributed by atoms with E-state index in [2.05, 4.69) is 0 Å². The Bertz CT molecular complexity index is 902. The third-order valence-corrected chi connectivity index (χ3v) is 3.90. The molecule has 0 amide bonds. The fourth-order valence-corrected chi connectivity index (χ4v) is 2.54. The van der Waals surface area contributed by atoms with E-state index < -0.39 is 17.5 Å². The summed E-state index contributed by atoms with van der Waals surface area (Å²) in [4.78, 5) is 23.7. The molecule has 0 radical (unpaired) electrons. The van der Waals surface area contributed by atoms with E-state index in [1.165, 1.54) is 33.5 Å². The molecule has 2 rings (SSSR count). The zero-order valence-electron chi connectivity index (χ0n) is 15.6. The van der Waals surface area contributed by atoms with E-state index in [0.717, 1.165) is 0 Å². The molecule has 7 heteroatoms. The molecule has 0 saturated heterocycles. The van der Waals surface area contributed by atoms with Crippen LogP contribution in [0.4, 0.5) is 0 Å². The van der Waals surface area contributed by atoms with E-state index in [9.17, 15) is 19.8 Å². The van der Waals surface area contributed by atoms with Crippen molar-refractivity contribution in [3.8, 4) is 17.2 Å². The van der Waals surface area contributed by atoms with Crippen LogP contribution in [0.2, 0.25) is 0 Å². The number of carbonyl (C=O) groups is 2. The molecule has 2 aromatic carbocycles. The van der Waals surface area contributed by atoms with Crippen molar-refractivity contribution in [3.05, 3.63) is 64.7 Å². The number of hydrogen-bond donors (Lipinski definition) is 2. The van der Waals surface area contributed by atoms with Crippen LogP contribution in [-0.2, 0) is 9.59 Å². The number of aliphatic carboxylic acids is 2. The van der Waals surface area contributed by atoms with E-state index in [4.69, 9.17) is 14.2 Å². The fourth-order valence-electron chi connectivity index (χ4n) is 2.54. The van der Waals surface area contributed by atoms with Crippen molar-refractivity contribution in [1.82, 2.24) is 0 Å². The topological polar surface area (TPSA) is 102 Å². The predicted octanol–water partition coefficient (Wildman–Crippen LogP) is 3.35. The lowest BCUT2D eigenvalue weighted by atomic mass is 9.99. The van der Waals surface area contributed by atoms with Gasteiger partial charge in [-0.05, 0) is 17.7 Å². The van der Waals surface area contributed by atoms with Crippen molar-refractivity contribution in [2.45, 2.75) is 0 Å². The summed E-state index contributed by atoms with van der Waals surface area (Å²) in [6, 6.07) is 11.7. The summed E-state index contributed by atoms with van der Waals surface area (Å²) in [6.45, 7) is 0. The average Bonchev–Trinajstić information content (AvgIpc) is 2.70. The molecule has 0 aliphatic carbocycles. The second kappa shape index (κ2) is 9.27. The van der Waals surface area contributed by atoms with Crippen molar-refractivity contribution < 1.29 is 34.0 Å². The van der Waals surface area contributed by atoms with Gasteiger partial charge in [-0.25, -0.2) is 9.59 Å². The SMILES string of the molecule is COc1cc(OC)c(/C=C(C(=O)O)\C(=C\c2ccccc2)C(=O)O)c(OC)c1. The molecule has 0 heterocycles. The first-order chi connectivity index (χ1) is 13.4. The quantitative estimate of drug-likeness (QED) is 0.531. The molecule has 0 spiro atoms. The summed E-state index contributed by atoms with van der Waals surface area (Å²) in [5, 5.41) is 19.3. The van der Waals surface area contributed by atoms with Gasteiger partial charge >= 0.3 is 11.9 Å². The van der Waals surface area contributed by atoms with Crippen LogP contribution >= 0.6 is 0 Å². The molecule has 0 bridgehead atoms. The number of carboxylic acid groups (broad SMARTS) is 2. The number of benzene rings is 2. The van der Waals surface area contributed by atoms with Crippen molar-refractivity contribution in [2.75, 3.05) is 21.3 Å². The van der Waals surface area contributed by atoms with Gasteiger partial charge in [-0.1, -0.05) is 30.3 Å².